The minimum atomic E-state index is 0.297. The lowest BCUT2D eigenvalue weighted by Gasteiger charge is -2.21. The van der Waals surface area contributed by atoms with Crippen LogP contribution in [0.3, 0.4) is 0 Å². The average molecular weight is 362 g/mol. The van der Waals surface area contributed by atoms with Crippen LogP contribution >= 0.6 is 0 Å². The molecule has 3 aromatic rings. The van der Waals surface area contributed by atoms with Crippen molar-refractivity contribution in [3.05, 3.63) is 42.4 Å². The Labute approximate surface area is 157 Å². The molecule has 5 rings (SSSR count). The smallest absolute Gasteiger partial charge is 0.222 e. The van der Waals surface area contributed by atoms with Crippen LogP contribution in [0.4, 0.5) is 11.5 Å². The molecule has 2 aliphatic rings. The van der Waals surface area contributed by atoms with Gasteiger partial charge in [-0.1, -0.05) is 18.2 Å². The van der Waals surface area contributed by atoms with Crippen LogP contribution in [0.5, 0.6) is 0 Å². The second kappa shape index (κ2) is 6.33. The fraction of sp³-hybridized carbons (Fsp3) is 0.400. The Bertz CT molecular complexity index is 1010. The van der Waals surface area contributed by atoms with Gasteiger partial charge < -0.3 is 9.80 Å². The SMILES string of the molecule is Cn1ncc2c(N3CC(CCN4CCCC4=O)c4ccccc43)ncnc21. The number of benzene rings is 1. The molecular weight excluding hydrogens is 340 g/mol. The number of amides is 1. The van der Waals surface area contributed by atoms with Gasteiger partial charge in [0.25, 0.3) is 0 Å². The Hall–Kier alpha value is -2.96. The van der Waals surface area contributed by atoms with Crippen molar-refractivity contribution in [3.63, 3.8) is 0 Å². The fourth-order valence-corrected chi connectivity index (χ4v) is 4.36. The first-order valence-corrected chi connectivity index (χ1v) is 9.49. The Morgan fingerprint density at radius 2 is 2.11 bits per heavy atom. The van der Waals surface area contributed by atoms with E-state index in [1.165, 1.54) is 11.3 Å². The molecule has 1 aromatic carbocycles. The molecule has 7 nitrogen and oxygen atoms in total. The van der Waals surface area contributed by atoms with Gasteiger partial charge in [0.15, 0.2) is 5.65 Å². The van der Waals surface area contributed by atoms with Crippen molar-refractivity contribution in [2.24, 2.45) is 7.05 Å². The highest BCUT2D eigenvalue weighted by atomic mass is 16.2. The number of hydrogen-bond donors (Lipinski definition) is 0. The van der Waals surface area contributed by atoms with Gasteiger partial charge in [-0.25, -0.2) is 9.97 Å². The normalized spacial score (nSPS) is 19.3. The van der Waals surface area contributed by atoms with Crippen LogP contribution in [0.1, 0.15) is 30.7 Å². The maximum Gasteiger partial charge on any atom is 0.222 e. The second-order valence-corrected chi connectivity index (χ2v) is 7.34. The number of para-hydroxylation sites is 1. The summed E-state index contributed by atoms with van der Waals surface area (Å²) < 4.78 is 1.78. The molecule has 0 radical (unpaired) electrons. The summed E-state index contributed by atoms with van der Waals surface area (Å²) in [5.41, 5.74) is 3.36. The molecule has 138 valence electrons. The average Bonchev–Trinajstić information content (AvgIpc) is 3.38. The highest BCUT2D eigenvalue weighted by Crippen LogP contribution is 2.43. The Morgan fingerprint density at radius 1 is 1.22 bits per heavy atom. The maximum absolute atomic E-state index is 11.9. The quantitative estimate of drug-likeness (QED) is 0.714. The predicted molar refractivity (Wildman–Crippen MR) is 103 cm³/mol. The molecule has 2 aromatic heterocycles. The number of fused-ring (bicyclic) bond motifs is 2. The van der Waals surface area contributed by atoms with Crippen molar-refractivity contribution < 1.29 is 4.79 Å². The van der Waals surface area contributed by atoms with E-state index in [1.807, 2.05) is 18.1 Å². The van der Waals surface area contributed by atoms with E-state index in [0.29, 0.717) is 18.2 Å². The molecular formula is C20H22N6O. The number of aromatic nitrogens is 4. The molecule has 0 N–H and O–H groups in total. The largest absolute Gasteiger partial charge is 0.343 e. The summed E-state index contributed by atoms with van der Waals surface area (Å²) in [5, 5.41) is 5.31. The third-order valence-corrected chi connectivity index (χ3v) is 5.75. The molecule has 27 heavy (non-hydrogen) atoms. The number of rotatable bonds is 4. The van der Waals surface area contributed by atoms with Crippen molar-refractivity contribution in [2.75, 3.05) is 24.5 Å². The van der Waals surface area contributed by atoms with Crippen LogP contribution in [0.15, 0.2) is 36.8 Å². The van der Waals surface area contributed by atoms with E-state index in [9.17, 15) is 4.79 Å². The predicted octanol–water partition coefficient (Wildman–Crippen LogP) is 2.61. The van der Waals surface area contributed by atoms with Gasteiger partial charge >= 0.3 is 0 Å². The van der Waals surface area contributed by atoms with E-state index in [0.717, 1.165) is 49.3 Å². The Morgan fingerprint density at radius 3 is 2.96 bits per heavy atom. The number of hydrogen-bond acceptors (Lipinski definition) is 5. The summed E-state index contributed by atoms with van der Waals surface area (Å²) in [6, 6.07) is 8.52. The van der Waals surface area contributed by atoms with Gasteiger partial charge in [-0.05, 0) is 24.5 Å². The Balaban J connectivity index is 1.47. The summed E-state index contributed by atoms with van der Waals surface area (Å²) in [4.78, 5) is 25.2. The van der Waals surface area contributed by atoms with Gasteiger partial charge in [0.05, 0.1) is 11.6 Å². The third kappa shape index (κ3) is 2.65. The monoisotopic (exact) mass is 362 g/mol. The van der Waals surface area contributed by atoms with Gasteiger partial charge in [-0.2, -0.15) is 5.10 Å². The van der Waals surface area contributed by atoms with Crippen molar-refractivity contribution in [1.82, 2.24) is 24.6 Å². The lowest BCUT2D eigenvalue weighted by atomic mass is 9.98. The van der Waals surface area contributed by atoms with Gasteiger partial charge in [0.2, 0.25) is 5.91 Å². The van der Waals surface area contributed by atoms with E-state index < -0.39 is 0 Å². The van der Waals surface area contributed by atoms with Crippen molar-refractivity contribution in [1.29, 1.82) is 0 Å². The molecule has 2 aliphatic heterocycles. The molecule has 0 saturated carbocycles. The molecule has 1 saturated heterocycles. The summed E-state index contributed by atoms with van der Waals surface area (Å²) in [5.74, 6) is 1.59. The second-order valence-electron chi connectivity index (χ2n) is 7.34. The summed E-state index contributed by atoms with van der Waals surface area (Å²) in [7, 11) is 1.90. The molecule has 1 amide bonds. The van der Waals surface area contributed by atoms with Gasteiger partial charge in [0, 0.05) is 44.7 Å². The first kappa shape index (κ1) is 16.2. The number of nitrogens with zero attached hydrogens (tertiary/aromatic N) is 6. The van der Waals surface area contributed by atoms with E-state index in [4.69, 9.17) is 0 Å². The van der Waals surface area contributed by atoms with Crippen LogP contribution in [0, 0.1) is 0 Å². The van der Waals surface area contributed by atoms with Crippen LogP contribution in [0.2, 0.25) is 0 Å². The summed E-state index contributed by atoms with van der Waals surface area (Å²) in [6.07, 6.45) is 6.11. The first-order chi connectivity index (χ1) is 13.2. The van der Waals surface area contributed by atoms with Crippen LogP contribution in [-0.4, -0.2) is 50.2 Å². The fourth-order valence-electron chi connectivity index (χ4n) is 4.36. The zero-order valence-corrected chi connectivity index (χ0v) is 15.4. The van der Waals surface area contributed by atoms with Gasteiger partial charge in [-0.15, -0.1) is 0 Å². The lowest BCUT2D eigenvalue weighted by Crippen LogP contribution is -2.27. The number of aryl methyl sites for hydroxylation is 1. The molecule has 4 heterocycles. The molecule has 1 fully saturated rings. The van der Waals surface area contributed by atoms with Crippen LogP contribution < -0.4 is 4.90 Å². The minimum Gasteiger partial charge on any atom is -0.343 e. The topological polar surface area (TPSA) is 67.2 Å². The van der Waals surface area contributed by atoms with E-state index in [1.54, 1.807) is 11.0 Å². The molecule has 0 spiro atoms. The third-order valence-electron chi connectivity index (χ3n) is 5.75. The maximum atomic E-state index is 11.9. The van der Waals surface area contributed by atoms with Crippen LogP contribution in [-0.2, 0) is 11.8 Å². The molecule has 7 heteroatoms. The van der Waals surface area contributed by atoms with E-state index in [2.05, 4.69) is 44.2 Å². The lowest BCUT2D eigenvalue weighted by molar-refractivity contribution is -0.127. The van der Waals surface area contributed by atoms with Gasteiger partial charge in [-0.3, -0.25) is 9.48 Å². The van der Waals surface area contributed by atoms with E-state index in [-0.39, 0.29) is 0 Å². The standard InChI is InChI=1S/C20H22N6O/c1-24-19-16(11-23-24)20(22-13-21-19)26-12-14(15-5-2-3-6-17(15)26)8-10-25-9-4-7-18(25)27/h2-3,5-6,11,13-14H,4,7-10,12H2,1H3. The highest BCUT2D eigenvalue weighted by Gasteiger charge is 2.32. The summed E-state index contributed by atoms with van der Waals surface area (Å²) >= 11 is 0. The molecule has 0 bridgehead atoms. The number of likely N-dealkylation sites (tertiary alicyclic amines) is 1. The molecule has 1 atom stereocenters. The van der Waals surface area contributed by atoms with Crippen LogP contribution in [0.25, 0.3) is 11.0 Å². The van der Waals surface area contributed by atoms with E-state index >= 15 is 0 Å². The minimum absolute atomic E-state index is 0.297. The Kier molecular flexibility index (Phi) is 3.81. The number of carbonyl (C=O) groups is 1. The van der Waals surface area contributed by atoms with Crippen molar-refractivity contribution >= 4 is 28.4 Å². The number of carbonyl (C=O) groups excluding carboxylic acids is 1. The first-order valence-electron chi connectivity index (χ1n) is 9.49. The molecule has 0 aliphatic carbocycles. The van der Waals surface area contributed by atoms with Gasteiger partial charge in [0.1, 0.15) is 12.1 Å². The zero-order valence-electron chi connectivity index (χ0n) is 15.4. The highest BCUT2D eigenvalue weighted by molar-refractivity contribution is 5.90. The number of anilines is 2. The van der Waals surface area contributed by atoms with Crippen molar-refractivity contribution in [3.8, 4) is 0 Å². The van der Waals surface area contributed by atoms with Crippen molar-refractivity contribution in [2.45, 2.75) is 25.2 Å². The summed E-state index contributed by atoms with van der Waals surface area (Å²) in [6.45, 7) is 2.60. The zero-order chi connectivity index (χ0) is 18.4. The molecule has 1 unspecified atom stereocenters.